The van der Waals surface area contributed by atoms with Gasteiger partial charge < -0.3 is 15.5 Å². The van der Waals surface area contributed by atoms with Gasteiger partial charge in [-0.2, -0.15) is 0 Å². The molecule has 0 aliphatic heterocycles. The van der Waals surface area contributed by atoms with Crippen molar-refractivity contribution in [2.24, 2.45) is 51.2 Å². The largest absolute Gasteiger partial charge is 0.481 e. The lowest BCUT2D eigenvalue weighted by Gasteiger charge is -2.72. The van der Waals surface area contributed by atoms with E-state index in [-0.39, 0.29) is 11.3 Å². The number of aliphatic carboxylic acids is 1. The van der Waals surface area contributed by atoms with Gasteiger partial charge >= 0.3 is 5.97 Å². The molecule has 7 aliphatic rings. The highest BCUT2D eigenvalue weighted by Gasteiger charge is 2.69. The van der Waals surface area contributed by atoms with Crippen molar-refractivity contribution < 1.29 is 15.0 Å². The first-order chi connectivity index (χ1) is 21.3. The third kappa shape index (κ3) is 4.90. The number of allylic oxidation sites excluding steroid dienone is 4. The molecule has 252 valence electrons. The summed E-state index contributed by atoms with van der Waals surface area (Å²) in [5, 5.41) is 25.0. The van der Waals surface area contributed by atoms with E-state index in [1.54, 1.807) is 5.57 Å². The third-order valence-corrected chi connectivity index (χ3v) is 16.9. The van der Waals surface area contributed by atoms with Gasteiger partial charge in [0.1, 0.15) is 0 Å². The zero-order chi connectivity index (χ0) is 31.9. The highest BCUT2D eigenvalue weighted by atomic mass is 16.4. The van der Waals surface area contributed by atoms with E-state index in [9.17, 15) is 15.0 Å². The van der Waals surface area contributed by atoms with Crippen LogP contribution in [0, 0.1) is 51.2 Å². The maximum absolute atomic E-state index is 11.6. The number of carboxylic acids is 1. The van der Waals surface area contributed by atoms with Crippen molar-refractivity contribution in [2.45, 2.75) is 168 Å². The number of fused-ring (bicyclic) bond motifs is 7. The van der Waals surface area contributed by atoms with Gasteiger partial charge in [-0.15, -0.1) is 0 Å². The molecule has 7 aliphatic carbocycles. The smallest absolute Gasteiger partial charge is 0.306 e. The number of nitrogens with one attached hydrogen (secondary N) is 1. The van der Waals surface area contributed by atoms with Crippen molar-refractivity contribution in [1.82, 2.24) is 5.32 Å². The summed E-state index contributed by atoms with van der Waals surface area (Å²) in [6, 6.07) is 0. The van der Waals surface area contributed by atoms with Gasteiger partial charge in [-0.1, -0.05) is 72.5 Å². The minimum absolute atomic E-state index is 0.132. The molecule has 0 heterocycles. The van der Waals surface area contributed by atoms with E-state index in [4.69, 9.17) is 0 Å². The average Bonchev–Trinajstić information content (AvgIpc) is 3.42. The first kappa shape index (κ1) is 32.4. The van der Waals surface area contributed by atoms with E-state index >= 15 is 0 Å². The second-order valence-electron chi connectivity index (χ2n) is 18.9. The summed E-state index contributed by atoms with van der Waals surface area (Å²) in [5.74, 6) is 2.23. The molecule has 0 aromatic rings. The molecular formula is C41H65NO3. The molecule has 5 saturated carbocycles. The van der Waals surface area contributed by atoms with Crippen LogP contribution in [0.5, 0.6) is 0 Å². The third-order valence-electron chi connectivity index (χ3n) is 16.9. The van der Waals surface area contributed by atoms with Gasteiger partial charge in [-0.05, 0) is 159 Å². The quantitative estimate of drug-likeness (QED) is 0.277. The lowest BCUT2D eigenvalue weighted by molar-refractivity contribution is -0.218. The Kier molecular flexibility index (Phi) is 8.08. The highest BCUT2D eigenvalue weighted by Crippen LogP contribution is 2.76. The van der Waals surface area contributed by atoms with Gasteiger partial charge in [0.2, 0.25) is 0 Å². The molecule has 4 heteroatoms. The van der Waals surface area contributed by atoms with Crippen LogP contribution in [-0.2, 0) is 4.79 Å². The van der Waals surface area contributed by atoms with Crippen LogP contribution in [-0.4, -0.2) is 33.9 Å². The monoisotopic (exact) mass is 619 g/mol. The molecule has 0 saturated heterocycles. The molecule has 0 spiro atoms. The Morgan fingerprint density at radius 2 is 1.58 bits per heavy atom. The first-order valence-corrected chi connectivity index (χ1v) is 19.4. The van der Waals surface area contributed by atoms with Crippen LogP contribution >= 0.6 is 0 Å². The summed E-state index contributed by atoms with van der Waals surface area (Å²) in [5.41, 5.74) is 4.13. The molecule has 5 fully saturated rings. The molecular weight excluding hydrogens is 554 g/mol. The van der Waals surface area contributed by atoms with Crippen molar-refractivity contribution in [3.63, 3.8) is 0 Å². The van der Waals surface area contributed by atoms with Crippen LogP contribution in [0.3, 0.4) is 0 Å². The Bertz CT molecular complexity index is 1230. The van der Waals surface area contributed by atoms with E-state index in [0.29, 0.717) is 34.1 Å². The predicted octanol–water partition coefficient (Wildman–Crippen LogP) is 9.62. The van der Waals surface area contributed by atoms with Gasteiger partial charge in [0.15, 0.2) is 0 Å². The predicted molar refractivity (Wildman–Crippen MR) is 183 cm³/mol. The molecule has 7 rings (SSSR count). The van der Waals surface area contributed by atoms with Crippen LogP contribution < -0.4 is 5.32 Å². The van der Waals surface area contributed by atoms with Gasteiger partial charge in [0.05, 0.1) is 11.5 Å². The van der Waals surface area contributed by atoms with Crippen LogP contribution in [0.15, 0.2) is 23.3 Å². The zero-order valence-corrected chi connectivity index (χ0v) is 29.5. The van der Waals surface area contributed by atoms with E-state index in [0.717, 1.165) is 56.4 Å². The highest BCUT2D eigenvalue weighted by molar-refractivity contribution is 5.70. The average molecular weight is 620 g/mol. The summed E-state index contributed by atoms with van der Waals surface area (Å²) < 4.78 is 0. The summed E-state index contributed by atoms with van der Waals surface area (Å²) in [6.07, 6.45) is 27.4. The molecule has 0 bridgehead atoms. The summed E-state index contributed by atoms with van der Waals surface area (Å²) >= 11 is 0. The fourth-order valence-corrected chi connectivity index (χ4v) is 14.3. The summed E-state index contributed by atoms with van der Waals surface area (Å²) in [6.45, 7) is 14.2. The molecule has 9 atom stereocenters. The van der Waals surface area contributed by atoms with E-state index < -0.39 is 11.6 Å². The van der Waals surface area contributed by atoms with Gasteiger partial charge in [0, 0.05) is 5.54 Å². The second kappa shape index (κ2) is 11.2. The van der Waals surface area contributed by atoms with Crippen molar-refractivity contribution >= 4 is 5.97 Å². The Balaban J connectivity index is 1.11. The maximum atomic E-state index is 11.6. The van der Waals surface area contributed by atoms with Crippen LogP contribution in [0.2, 0.25) is 0 Å². The molecule has 0 aromatic heterocycles. The lowest BCUT2D eigenvalue weighted by Crippen LogP contribution is -2.67. The van der Waals surface area contributed by atoms with Crippen LogP contribution in [0.25, 0.3) is 0 Å². The Morgan fingerprint density at radius 1 is 0.800 bits per heavy atom. The minimum atomic E-state index is -0.628. The first-order valence-electron chi connectivity index (χ1n) is 19.4. The summed E-state index contributed by atoms with van der Waals surface area (Å²) in [7, 11) is 0. The Hall–Kier alpha value is -1.13. The standard InChI is InChI=1S/C41H65NO3/c1-36(2)30(28-11-13-29(14-12-28)35(43)44)17-22-37(3)33(36)18-23-39(5)34(37)16-15-31-32-10-9-21-41(32,25-24-38(31,39)4)42-27-26-40(45)19-7-6-8-20-40/h11,17,29,31-34,42,45H,6-10,12-16,18-27H2,1-5H3,(H,43,44)/t29?,31?,32-,33?,34?,37?,38-,39?,41?/m1/s1. The number of aliphatic hydroxyl groups is 1. The number of hydrogen-bond acceptors (Lipinski definition) is 3. The van der Waals surface area contributed by atoms with Crippen LogP contribution in [0.1, 0.15) is 157 Å². The number of carbonyl (C=O) groups is 1. The lowest BCUT2D eigenvalue weighted by atomic mass is 9.33. The normalized spacial score (nSPS) is 46.9. The van der Waals surface area contributed by atoms with Crippen molar-refractivity contribution in [3.8, 4) is 0 Å². The second-order valence-corrected chi connectivity index (χ2v) is 18.9. The Morgan fingerprint density at radius 3 is 2.29 bits per heavy atom. The van der Waals surface area contributed by atoms with Gasteiger partial charge in [-0.3, -0.25) is 4.79 Å². The fraction of sp³-hybridized carbons (Fsp3) is 0.878. The van der Waals surface area contributed by atoms with Crippen molar-refractivity contribution in [1.29, 1.82) is 0 Å². The molecule has 0 aromatic carbocycles. The molecule has 45 heavy (non-hydrogen) atoms. The van der Waals surface area contributed by atoms with Crippen molar-refractivity contribution in [2.75, 3.05) is 6.54 Å². The van der Waals surface area contributed by atoms with Crippen LogP contribution in [0.4, 0.5) is 0 Å². The van der Waals surface area contributed by atoms with E-state index in [1.807, 2.05) is 0 Å². The van der Waals surface area contributed by atoms with Gasteiger partial charge in [-0.25, -0.2) is 0 Å². The Labute approximate surface area is 274 Å². The minimum Gasteiger partial charge on any atom is -0.481 e. The molecule has 7 unspecified atom stereocenters. The molecule has 3 N–H and O–H groups in total. The molecule has 0 amide bonds. The number of hydrogen-bond donors (Lipinski definition) is 3. The maximum Gasteiger partial charge on any atom is 0.306 e. The van der Waals surface area contributed by atoms with Gasteiger partial charge in [0.25, 0.3) is 0 Å². The van der Waals surface area contributed by atoms with E-state index in [1.165, 1.54) is 89.0 Å². The molecule has 4 nitrogen and oxygen atoms in total. The zero-order valence-electron chi connectivity index (χ0n) is 29.5. The molecule has 0 radical (unpaired) electrons. The number of carboxylic acid groups (broad SMARTS) is 1. The van der Waals surface area contributed by atoms with Crippen molar-refractivity contribution in [3.05, 3.63) is 23.3 Å². The SMILES string of the molecule is CC1(C)C(C2=CCC(C(=O)O)CC2)=CCC2(C)C1CCC1(C)C2CCC2[C@H]3CCCC3(NCCC3(O)CCCCC3)CC[C@]21C. The fourth-order valence-electron chi connectivity index (χ4n) is 14.3. The number of rotatable bonds is 6. The summed E-state index contributed by atoms with van der Waals surface area (Å²) in [4.78, 5) is 11.6. The van der Waals surface area contributed by atoms with E-state index in [2.05, 4.69) is 52.1 Å². The topological polar surface area (TPSA) is 69.6 Å².